The second kappa shape index (κ2) is 8.04. The van der Waals surface area contributed by atoms with Gasteiger partial charge in [-0.25, -0.2) is 0 Å². The molecule has 0 saturated carbocycles. The molecule has 0 atom stereocenters. The van der Waals surface area contributed by atoms with Crippen LogP contribution >= 0.6 is 11.6 Å². The Balaban J connectivity index is 2.25. The third-order valence-corrected chi connectivity index (χ3v) is 3.56. The molecule has 1 amide bonds. The number of rotatable bonds is 5. The quantitative estimate of drug-likeness (QED) is 0.660. The van der Waals surface area contributed by atoms with Crippen LogP contribution in [0.15, 0.2) is 48.0 Å². The van der Waals surface area contributed by atoms with E-state index in [9.17, 15) is 10.1 Å². The van der Waals surface area contributed by atoms with Crippen LogP contribution in [-0.2, 0) is 4.79 Å². The molecule has 0 fully saturated rings. The molecule has 122 valence electrons. The van der Waals surface area contributed by atoms with Gasteiger partial charge in [-0.05, 0) is 29.8 Å². The fourth-order valence-corrected chi connectivity index (χ4v) is 2.20. The lowest BCUT2D eigenvalue weighted by molar-refractivity contribution is -0.112. The van der Waals surface area contributed by atoms with Gasteiger partial charge < -0.3 is 14.8 Å². The maximum absolute atomic E-state index is 12.3. The van der Waals surface area contributed by atoms with Crippen LogP contribution in [0.2, 0.25) is 5.02 Å². The van der Waals surface area contributed by atoms with E-state index in [0.29, 0.717) is 27.8 Å². The molecular formula is C18H15ClN2O3. The number of ether oxygens (including phenoxy) is 2. The lowest BCUT2D eigenvalue weighted by Crippen LogP contribution is -2.13. The van der Waals surface area contributed by atoms with Gasteiger partial charge in [-0.1, -0.05) is 29.8 Å². The van der Waals surface area contributed by atoms with E-state index in [4.69, 9.17) is 21.1 Å². The minimum Gasteiger partial charge on any atom is -0.493 e. The van der Waals surface area contributed by atoms with Gasteiger partial charge in [-0.3, -0.25) is 4.79 Å². The second-order valence-electron chi connectivity index (χ2n) is 4.72. The number of methoxy groups -OCH3 is 2. The lowest BCUT2D eigenvalue weighted by atomic mass is 10.1. The summed E-state index contributed by atoms with van der Waals surface area (Å²) in [4.78, 5) is 12.3. The Kier molecular flexibility index (Phi) is 5.83. The van der Waals surface area contributed by atoms with Crippen molar-refractivity contribution in [1.82, 2.24) is 0 Å². The third-order valence-electron chi connectivity index (χ3n) is 3.21. The van der Waals surface area contributed by atoms with E-state index in [1.807, 2.05) is 6.07 Å². The van der Waals surface area contributed by atoms with Crippen LogP contribution in [0.4, 0.5) is 5.69 Å². The van der Waals surface area contributed by atoms with Crippen LogP contribution in [0.5, 0.6) is 11.5 Å². The summed E-state index contributed by atoms with van der Waals surface area (Å²) in [5.74, 6) is 0.483. The van der Waals surface area contributed by atoms with Gasteiger partial charge >= 0.3 is 0 Å². The van der Waals surface area contributed by atoms with Crippen molar-refractivity contribution in [2.24, 2.45) is 0 Å². The molecule has 0 aliphatic carbocycles. The van der Waals surface area contributed by atoms with Gasteiger partial charge in [0.05, 0.1) is 14.2 Å². The van der Waals surface area contributed by atoms with Crippen LogP contribution in [0.25, 0.3) is 6.08 Å². The maximum Gasteiger partial charge on any atom is 0.266 e. The number of hydrogen-bond donors (Lipinski definition) is 1. The fourth-order valence-electron chi connectivity index (χ4n) is 2.01. The van der Waals surface area contributed by atoms with Gasteiger partial charge in [-0.2, -0.15) is 5.26 Å². The van der Waals surface area contributed by atoms with Gasteiger partial charge in [0, 0.05) is 16.8 Å². The van der Waals surface area contributed by atoms with Crippen molar-refractivity contribution in [3.05, 3.63) is 58.6 Å². The number of anilines is 1. The summed E-state index contributed by atoms with van der Waals surface area (Å²) >= 11 is 6.05. The first kappa shape index (κ1) is 17.4. The molecule has 2 rings (SSSR count). The summed E-state index contributed by atoms with van der Waals surface area (Å²) in [5.41, 5.74) is 1.02. The van der Waals surface area contributed by atoms with Crippen molar-refractivity contribution in [2.45, 2.75) is 0 Å². The number of nitriles is 1. The molecule has 0 radical (unpaired) electrons. The summed E-state index contributed by atoms with van der Waals surface area (Å²) in [6.45, 7) is 0. The van der Waals surface area contributed by atoms with Crippen molar-refractivity contribution in [2.75, 3.05) is 19.5 Å². The zero-order chi connectivity index (χ0) is 17.5. The van der Waals surface area contributed by atoms with Crippen LogP contribution in [0, 0.1) is 11.3 Å². The van der Waals surface area contributed by atoms with E-state index in [-0.39, 0.29) is 5.57 Å². The molecule has 2 aromatic rings. The van der Waals surface area contributed by atoms with E-state index in [1.165, 1.54) is 20.3 Å². The molecule has 2 aromatic carbocycles. The highest BCUT2D eigenvalue weighted by atomic mass is 35.5. The molecule has 0 bridgehead atoms. The SMILES string of the molecule is COc1ccc(NC(=O)/C(C#N)=C/c2ccccc2Cl)cc1OC. The van der Waals surface area contributed by atoms with Gasteiger partial charge in [0.15, 0.2) is 11.5 Å². The fraction of sp³-hybridized carbons (Fsp3) is 0.111. The van der Waals surface area contributed by atoms with Gasteiger partial charge in [-0.15, -0.1) is 0 Å². The molecule has 0 saturated heterocycles. The zero-order valence-electron chi connectivity index (χ0n) is 13.2. The molecule has 0 unspecified atom stereocenters. The first-order valence-corrected chi connectivity index (χ1v) is 7.36. The Morgan fingerprint density at radius 2 is 1.88 bits per heavy atom. The smallest absolute Gasteiger partial charge is 0.266 e. The van der Waals surface area contributed by atoms with E-state index >= 15 is 0 Å². The Morgan fingerprint density at radius 1 is 1.17 bits per heavy atom. The number of amides is 1. The first-order chi connectivity index (χ1) is 11.6. The molecule has 24 heavy (non-hydrogen) atoms. The van der Waals surface area contributed by atoms with Crippen LogP contribution in [0.1, 0.15) is 5.56 Å². The van der Waals surface area contributed by atoms with Gasteiger partial charge in [0.1, 0.15) is 11.6 Å². The van der Waals surface area contributed by atoms with Crippen molar-refractivity contribution in [3.63, 3.8) is 0 Å². The topological polar surface area (TPSA) is 71.3 Å². The maximum atomic E-state index is 12.3. The predicted molar refractivity (Wildman–Crippen MR) is 93.2 cm³/mol. The first-order valence-electron chi connectivity index (χ1n) is 6.98. The average Bonchev–Trinajstić information content (AvgIpc) is 2.60. The van der Waals surface area contributed by atoms with Crippen molar-refractivity contribution in [3.8, 4) is 17.6 Å². The predicted octanol–water partition coefficient (Wildman–Crippen LogP) is 3.90. The molecule has 5 nitrogen and oxygen atoms in total. The molecule has 0 aliphatic heterocycles. The summed E-state index contributed by atoms with van der Waals surface area (Å²) in [7, 11) is 3.03. The Labute approximate surface area is 145 Å². The number of nitrogens with zero attached hydrogens (tertiary/aromatic N) is 1. The van der Waals surface area contributed by atoms with Crippen LogP contribution < -0.4 is 14.8 Å². The number of hydrogen-bond acceptors (Lipinski definition) is 4. The molecular weight excluding hydrogens is 328 g/mol. The largest absolute Gasteiger partial charge is 0.493 e. The molecule has 6 heteroatoms. The van der Waals surface area contributed by atoms with Crippen molar-refractivity contribution in [1.29, 1.82) is 5.26 Å². The van der Waals surface area contributed by atoms with E-state index in [0.717, 1.165) is 0 Å². The van der Waals surface area contributed by atoms with Crippen LogP contribution in [-0.4, -0.2) is 20.1 Å². The molecule has 0 heterocycles. The highest BCUT2D eigenvalue weighted by Gasteiger charge is 2.12. The number of halogens is 1. The van der Waals surface area contributed by atoms with Gasteiger partial charge in [0.25, 0.3) is 5.91 Å². The summed E-state index contributed by atoms with van der Waals surface area (Å²) < 4.78 is 10.3. The number of carbonyl (C=O) groups excluding carboxylic acids is 1. The number of benzene rings is 2. The Bertz CT molecular complexity index is 825. The number of carbonyl (C=O) groups is 1. The minimum atomic E-state index is -0.537. The van der Waals surface area contributed by atoms with Crippen LogP contribution in [0.3, 0.4) is 0 Å². The molecule has 0 aliphatic rings. The minimum absolute atomic E-state index is 0.0575. The monoisotopic (exact) mass is 342 g/mol. The molecule has 1 N–H and O–H groups in total. The van der Waals surface area contributed by atoms with E-state index in [1.54, 1.807) is 42.5 Å². The standard InChI is InChI=1S/C18H15ClN2O3/c1-23-16-8-7-14(10-17(16)24-2)21-18(22)13(11-20)9-12-5-3-4-6-15(12)19/h3-10H,1-2H3,(H,21,22)/b13-9+. The third kappa shape index (κ3) is 4.06. The second-order valence-corrected chi connectivity index (χ2v) is 5.12. The summed E-state index contributed by atoms with van der Waals surface area (Å²) in [6, 6.07) is 13.8. The Morgan fingerprint density at radius 3 is 2.50 bits per heavy atom. The highest BCUT2D eigenvalue weighted by molar-refractivity contribution is 6.32. The zero-order valence-corrected chi connectivity index (χ0v) is 13.9. The molecule has 0 aromatic heterocycles. The van der Waals surface area contributed by atoms with E-state index in [2.05, 4.69) is 5.32 Å². The summed E-state index contributed by atoms with van der Waals surface area (Å²) in [6.07, 6.45) is 1.44. The Hall–Kier alpha value is -2.97. The summed E-state index contributed by atoms with van der Waals surface area (Å²) in [5, 5.41) is 12.4. The lowest BCUT2D eigenvalue weighted by Gasteiger charge is -2.10. The molecule has 0 spiro atoms. The average molecular weight is 343 g/mol. The van der Waals surface area contributed by atoms with Gasteiger partial charge in [0.2, 0.25) is 0 Å². The van der Waals surface area contributed by atoms with E-state index < -0.39 is 5.91 Å². The normalized spacial score (nSPS) is 10.7. The highest BCUT2D eigenvalue weighted by Crippen LogP contribution is 2.30. The van der Waals surface area contributed by atoms with Crippen molar-refractivity contribution < 1.29 is 14.3 Å². The van der Waals surface area contributed by atoms with Crippen molar-refractivity contribution >= 4 is 29.3 Å². The number of nitrogens with one attached hydrogen (secondary N) is 1.